The highest BCUT2D eigenvalue weighted by molar-refractivity contribution is 7.91. The molecule has 0 fully saturated rings. The summed E-state index contributed by atoms with van der Waals surface area (Å²) in [4.78, 5) is 50.3. The number of hydrogen-bond acceptors (Lipinski definition) is 8. The van der Waals surface area contributed by atoms with E-state index in [-0.39, 0.29) is 52.4 Å². The van der Waals surface area contributed by atoms with E-state index in [4.69, 9.17) is 4.74 Å². The second kappa shape index (κ2) is 18.6. The van der Waals surface area contributed by atoms with Crippen LogP contribution in [0, 0.1) is 27.7 Å². The van der Waals surface area contributed by atoms with E-state index in [0.29, 0.717) is 45.5 Å². The van der Waals surface area contributed by atoms with Crippen molar-refractivity contribution < 1.29 is 36.0 Å². The number of aromatic amines is 2. The van der Waals surface area contributed by atoms with Crippen LogP contribution in [-0.2, 0) is 51.6 Å². The lowest BCUT2D eigenvalue weighted by atomic mass is 10.0. The Hall–Kier alpha value is -5.86. The number of sulfone groups is 2. The van der Waals surface area contributed by atoms with Crippen LogP contribution in [0.15, 0.2) is 91.3 Å². The molecule has 12 nitrogen and oxygen atoms in total. The molecule has 0 unspecified atom stereocenters. The summed E-state index contributed by atoms with van der Waals surface area (Å²) in [5.41, 5.74) is 10.2. The van der Waals surface area contributed by atoms with Gasteiger partial charge in [-0.05, 0) is 143 Å². The predicted octanol–water partition coefficient (Wildman–Crippen LogP) is 6.06. The topological polar surface area (TPSA) is 185 Å². The van der Waals surface area contributed by atoms with E-state index >= 15 is 0 Å². The van der Waals surface area contributed by atoms with E-state index in [9.17, 15) is 31.2 Å². The number of benzene rings is 2. The van der Waals surface area contributed by atoms with Gasteiger partial charge >= 0.3 is 5.97 Å². The number of amides is 2. The predicted molar refractivity (Wildman–Crippen MR) is 242 cm³/mol. The second-order valence-corrected chi connectivity index (χ2v) is 20.2. The fraction of sp³-hybridized carbons (Fsp3) is 0.333. The molecule has 3 N–H and O–H groups in total. The Balaban J connectivity index is 1.36. The van der Waals surface area contributed by atoms with Crippen molar-refractivity contribution in [2.75, 3.05) is 18.6 Å². The Labute approximate surface area is 363 Å². The second-order valence-electron chi connectivity index (χ2n) is 16.0. The first-order valence-electron chi connectivity index (χ1n) is 20.7. The number of carbonyl (C=O) groups excluding carboxylic acids is 3. The molecule has 0 saturated carbocycles. The lowest BCUT2D eigenvalue weighted by molar-refractivity contribution is -0.140. The molecule has 62 heavy (non-hydrogen) atoms. The molecule has 0 aliphatic carbocycles. The van der Waals surface area contributed by atoms with Gasteiger partial charge in [-0.15, -0.1) is 0 Å². The minimum Gasteiger partial charge on any atom is -0.469 e. The van der Waals surface area contributed by atoms with Crippen molar-refractivity contribution in [1.82, 2.24) is 15.3 Å². The standard InChI is InChI=1S/C48H54N4O8S2/c1-9-10-36-30(4)41(26-45-38(33(7)47(54)52-45)21-23-61(56,57)34-15-11-28(2)12-16-34)50-43(36)27-44-37(19-20-46(53)60-8)31(5)40(49-44)25-42-32(6)39(48(55)51-42)22-24-62(58,59)35-17-13-29(3)14-18-35/h11-18,25-27,49-50H,9-10,19-24H2,1-8H3,(H,52,54)/b40-25?,44-27?,45-26-. The number of aromatic nitrogens is 2. The highest BCUT2D eigenvalue weighted by atomic mass is 32.2. The van der Waals surface area contributed by atoms with Crippen LogP contribution in [0.1, 0.15) is 91.2 Å². The first-order chi connectivity index (χ1) is 29.3. The van der Waals surface area contributed by atoms with Gasteiger partial charge in [0.05, 0.1) is 34.1 Å². The molecule has 326 valence electrons. The molecule has 14 heteroatoms. The molecule has 0 spiro atoms. The summed E-state index contributed by atoms with van der Waals surface area (Å²) in [6.07, 6.45) is 7.88. The highest BCUT2D eigenvalue weighted by Gasteiger charge is 2.28. The number of aryl methyl sites for hydroxylation is 2. The molecule has 4 heterocycles. The van der Waals surface area contributed by atoms with E-state index in [1.807, 2.05) is 39.8 Å². The fourth-order valence-corrected chi connectivity index (χ4v) is 10.3. The maximum absolute atomic E-state index is 13.3. The van der Waals surface area contributed by atoms with E-state index in [0.717, 1.165) is 63.0 Å². The first-order valence-corrected chi connectivity index (χ1v) is 24.0. The molecule has 0 saturated heterocycles. The average molecular weight is 879 g/mol. The molecule has 0 atom stereocenters. The summed E-state index contributed by atoms with van der Waals surface area (Å²) in [5, 5.41) is 4.36. The summed E-state index contributed by atoms with van der Waals surface area (Å²) in [6.45, 7) is 13.3. The van der Waals surface area contributed by atoms with Gasteiger partial charge in [0.25, 0.3) is 11.8 Å². The number of rotatable bonds is 16. The van der Waals surface area contributed by atoms with Gasteiger partial charge in [-0.2, -0.15) is 0 Å². The molecule has 2 aromatic carbocycles. The zero-order valence-corrected chi connectivity index (χ0v) is 38.2. The normalized spacial score (nSPS) is 16.0. The maximum atomic E-state index is 13.3. The first kappa shape index (κ1) is 45.7. The number of esters is 1. The monoisotopic (exact) mass is 878 g/mol. The Morgan fingerprint density at radius 2 is 1.24 bits per heavy atom. The van der Waals surface area contributed by atoms with Crippen LogP contribution < -0.4 is 16.0 Å². The third-order valence-corrected chi connectivity index (χ3v) is 15.2. The Kier molecular flexibility index (Phi) is 13.7. The Morgan fingerprint density at radius 3 is 1.81 bits per heavy atom. The highest BCUT2D eigenvalue weighted by Crippen LogP contribution is 2.30. The molecule has 6 rings (SSSR count). The lowest BCUT2D eigenvalue weighted by Gasteiger charge is -2.08. The van der Waals surface area contributed by atoms with Gasteiger partial charge in [0, 0.05) is 45.4 Å². The SMILES string of the molecule is CCCc1c(C=c2[nH]c(=CC3=NC(=O)C(CCS(=O)(=O)c4ccc(C)cc4)=C3C)c(C)c2CCC(=O)OC)[nH]c(/C=C2\NC(=O)C(C)=C2CCS(=O)(=O)c2ccc(C)cc2)c1C. The van der Waals surface area contributed by atoms with Gasteiger partial charge in [-0.25, -0.2) is 21.8 Å². The Morgan fingerprint density at radius 1 is 0.661 bits per heavy atom. The van der Waals surface area contributed by atoms with Crippen molar-refractivity contribution in [3.8, 4) is 0 Å². The summed E-state index contributed by atoms with van der Waals surface area (Å²) in [7, 11) is -5.89. The molecule has 0 bridgehead atoms. The van der Waals surface area contributed by atoms with Crippen LogP contribution in [-0.4, -0.2) is 68.9 Å². The van der Waals surface area contributed by atoms with Crippen molar-refractivity contribution in [3.63, 3.8) is 0 Å². The van der Waals surface area contributed by atoms with Crippen LogP contribution in [0.3, 0.4) is 0 Å². The molecule has 2 amide bonds. The maximum Gasteiger partial charge on any atom is 0.305 e. The Bertz CT molecular complexity index is 2940. The number of H-pyrrole nitrogens is 2. The third kappa shape index (κ3) is 9.92. The van der Waals surface area contributed by atoms with Crippen LogP contribution in [0.4, 0.5) is 0 Å². The number of allylic oxidation sites excluding steroid dienone is 2. The van der Waals surface area contributed by atoms with Crippen LogP contribution in [0.5, 0.6) is 0 Å². The largest absolute Gasteiger partial charge is 0.469 e. The van der Waals surface area contributed by atoms with Crippen molar-refractivity contribution in [1.29, 1.82) is 0 Å². The van der Waals surface area contributed by atoms with E-state index < -0.39 is 25.6 Å². The van der Waals surface area contributed by atoms with Crippen LogP contribution in [0.25, 0.3) is 18.2 Å². The number of methoxy groups -OCH3 is 1. The zero-order chi connectivity index (χ0) is 45.1. The average Bonchev–Trinajstić information content (AvgIpc) is 3.87. The number of aliphatic imine (C=N–C) groups is 1. The van der Waals surface area contributed by atoms with Gasteiger partial charge in [0.15, 0.2) is 19.7 Å². The quantitative estimate of drug-likeness (QED) is 0.114. The molecule has 4 aromatic rings. The van der Waals surface area contributed by atoms with Crippen molar-refractivity contribution in [2.24, 2.45) is 4.99 Å². The van der Waals surface area contributed by atoms with Crippen molar-refractivity contribution in [3.05, 3.63) is 132 Å². The number of ether oxygens (including phenoxy) is 1. The van der Waals surface area contributed by atoms with Gasteiger partial charge in [-0.1, -0.05) is 48.7 Å². The van der Waals surface area contributed by atoms with Crippen molar-refractivity contribution in [2.45, 2.75) is 96.8 Å². The molecule has 2 aliphatic heterocycles. The lowest BCUT2D eigenvalue weighted by Crippen LogP contribution is -2.15. The molecule has 0 radical (unpaired) electrons. The van der Waals surface area contributed by atoms with E-state index in [2.05, 4.69) is 27.2 Å². The molecule has 2 aromatic heterocycles. The van der Waals surface area contributed by atoms with Gasteiger partial charge in [0.1, 0.15) is 0 Å². The van der Waals surface area contributed by atoms with E-state index in [1.165, 1.54) is 7.11 Å². The zero-order valence-electron chi connectivity index (χ0n) is 36.5. The number of nitrogens with one attached hydrogen (secondary N) is 3. The summed E-state index contributed by atoms with van der Waals surface area (Å²) < 4.78 is 57.7. The fourth-order valence-electron chi connectivity index (χ4n) is 7.83. The number of carbonyl (C=O) groups is 3. The van der Waals surface area contributed by atoms with Gasteiger partial charge in [0.2, 0.25) is 0 Å². The minimum atomic E-state index is -3.63. The molecule has 2 aliphatic rings. The number of nitrogens with zero attached hydrogens (tertiary/aromatic N) is 1. The smallest absolute Gasteiger partial charge is 0.305 e. The van der Waals surface area contributed by atoms with E-state index in [1.54, 1.807) is 68.5 Å². The molecular weight excluding hydrogens is 825 g/mol. The molecular formula is C48H54N4O8S2. The van der Waals surface area contributed by atoms with Gasteiger partial charge in [-0.3, -0.25) is 14.4 Å². The minimum absolute atomic E-state index is 0.0206. The number of hydrogen-bond donors (Lipinski definition) is 3. The van der Waals surface area contributed by atoms with Crippen molar-refractivity contribution >= 4 is 61.4 Å². The summed E-state index contributed by atoms with van der Waals surface area (Å²) in [5.74, 6) is -1.50. The van der Waals surface area contributed by atoms with Crippen LogP contribution >= 0.6 is 0 Å². The van der Waals surface area contributed by atoms with Crippen LogP contribution in [0.2, 0.25) is 0 Å². The van der Waals surface area contributed by atoms with Gasteiger partial charge < -0.3 is 20.0 Å². The summed E-state index contributed by atoms with van der Waals surface area (Å²) in [6, 6.07) is 13.4. The summed E-state index contributed by atoms with van der Waals surface area (Å²) >= 11 is 0. The third-order valence-electron chi connectivity index (χ3n) is 11.8.